The Balaban J connectivity index is 3.18. The summed E-state index contributed by atoms with van der Waals surface area (Å²) in [6.45, 7) is 0. The minimum absolute atomic E-state index is 0.191. The molecule has 0 heterocycles. The number of hydrogen-bond acceptors (Lipinski definition) is 3. The van der Waals surface area contributed by atoms with Gasteiger partial charge in [-0.05, 0) is 0 Å². The molecule has 0 saturated carbocycles. The third kappa shape index (κ3) is 8.09. The van der Waals surface area contributed by atoms with Crippen molar-refractivity contribution in [2.75, 3.05) is 18.0 Å². The van der Waals surface area contributed by atoms with Crippen molar-refractivity contribution in [1.29, 1.82) is 0 Å². The first-order valence-corrected chi connectivity index (χ1v) is 10.8. The highest BCUT2D eigenvalue weighted by Crippen LogP contribution is 1.89. The second-order valence-electron chi connectivity index (χ2n) is 2.77. The van der Waals surface area contributed by atoms with Crippen LogP contribution in [0.3, 0.4) is 0 Å². The first kappa shape index (κ1) is 13.5. The summed E-state index contributed by atoms with van der Waals surface area (Å²) in [7, 11) is 1.76. The van der Waals surface area contributed by atoms with Crippen LogP contribution in [-0.2, 0) is 11.4 Å². The Morgan fingerprint density at radius 1 is 1.17 bits per heavy atom. The minimum Gasteiger partial charge on any atom is -0.642 e. The van der Waals surface area contributed by atoms with Crippen molar-refractivity contribution in [3.63, 3.8) is 0 Å². The summed E-state index contributed by atoms with van der Waals surface area (Å²) in [6, 6.07) is 0. The molecule has 0 N–H and O–H groups in total. The topological polar surface area (TPSA) is 27.7 Å². The van der Waals surface area contributed by atoms with E-state index >= 15 is 0 Å². The van der Waals surface area contributed by atoms with Gasteiger partial charge >= 0.3 is 44.5 Å². The van der Waals surface area contributed by atoms with Crippen molar-refractivity contribution in [1.82, 2.24) is 0 Å². The molecule has 0 atom stereocenters. The lowest BCUT2D eigenvalue weighted by atomic mass is 11.5. The summed E-state index contributed by atoms with van der Waals surface area (Å²) >= 11 is -1.81. The van der Waals surface area contributed by atoms with Gasteiger partial charge in [-0.1, -0.05) is 17.4 Å². The van der Waals surface area contributed by atoms with E-state index in [2.05, 4.69) is 17.4 Å². The van der Waals surface area contributed by atoms with Gasteiger partial charge in [0.15, 0.2) is 0 Å². The lowest BCUT2D eigenvalue weighted by Gasteiger charge is -2.09. The molecule has 6 heteroatoms. The smallest absolute Gasteiger partial charge is 0.485 e. The number of ether oxygens (including phenoxy) is 1. The lowest BCUT2D eigenvalue weighted by Crippen LogP contribution is -2.27. The molecule has 0 saturated heterocycles. The molecule has 0 amide bonds. The molecule has 0 aromatic carbocycles. The first-order chi connectivity index (χ1) is 5.70. The molecule has 12 heavy (non-hydrogen) atoms. The third-order valence-corrected chi connectivity index (χ3v) is 6.64. The van der Waals surface area contributed by atoms with Crippen LogP contribution in [0.2, 0.25) is 17.4 Å². The van der Waals surface area contributed by atoms with E-state index in [1.165, 1.54) is 0 Å². The van der Waals surface area contributed by atoms with Crippen LogP contribution in [0.15, 0.2) is 0 Å². The van der Waals surface area contributed by atoms with E-state index in [-0.39, 0.29) is 15.6 Å². The molecule has 0 aromatic rings. The highest BCUT2D eigenvalue weighted by molar-refractivity contribution is 6.57. The zero-order chi connectivity index (χ0) is 9.40. The molecule has 0 rings (SSSR count). The third-order valence-electron chi connectivity index (χ3n) is 1.48. The molecule has 0 aliphatic rings. The molecule has 0 aliphatic carbocycles. The van der Waals surface area contributed by atoms with Gasteiger partial charge in [0.2, 0.25) is 0 Å². The lowest BCUT2D eigenvalue weighted by molar-refractivity contribution is 0.200. The van der Waals surface area contributed by atoms with Gasteiger partial charge in [0.1, 0.15) is 0 Å². The molecule has 0 unspecified atom stereocenters. The first-order valence-electron chi connectivity index (χ1n) is 4.24. The van der Waals surface area contributed by atoms with Crippen molar-refractivity contribution in [3.05, 3.63) is 0 Å². The highest BCUT2D eigenvalue weighted by Gasteiger charge is 2.15. The van der Waals surface area contributed by atoms with E-state index in [4.69, 9.17) is 11.4 Å². The van der Waals surface area contributed by atoms with Crippen molar-refractivity contribution in [3.8, 4) is 0 Å². The van der Waals surface area contributed by atoms with Gasteiger partial charge in [-0.25, -0.2) is 0 Å². The number of rotatable bonds is 7. The summed E-state index contributed by atoms with van der Waals surface area (Å²) in [4.78, 5) is 0. The Hall–Kier alpha value is 1.48. The van der Waals surface area contributed by atoms with Crippen LogP contribution < -0.4 is 0 Å². The summed E-state index contributed by atoms with van der Waals surface area (Å²) in [5.41, 5.74) is 1.65. The van der Waals surface area contributed by atoms with Crippen LogP contribution in [0.5, 0.6) is 0 Å². The zero-order valence-electron chi connectivity index (χ0n) is 8.37. The predicted molar refractivity (Wildman–Crippen MR) is 53.8 cm³/mol. The SMILES string of the molecule is C[O][Al]([CH3])[CH2]O[CH2][Al]([CH3])[O][Al][CH3]. The van der Waals surface area contributed by atoms with Gasteiger partial charge in [0.05, 0.1) is 0 Å². The molecule has 1 radical (unpaired) electrons. The quantitative estimate of drug-likeness (QED) is 0.586. The van der Waals surface area contributed by atoms with Gasteiger partial charge in [-0.15, -0.1) is 0 Å². The molecule has 0 spiro atoms. The Morgan fingerprint density at radius 2 is 1.75 bits per heavy atom. The Bertz CT molecular complexity index is 104. The highest BCUT2D eigenvalue weighted by atomic mass is 27.3. The maximum absolute atomic E-state index is 5.53. The van der Waals surface area contributed by atoms with Crippen LogP contribution in [0.25, 0.3) is 0 Å². The molecule has 0 aromatic heterocycles. The second kappa shape index (κ2) is 9.05. The zero-order valence-corrected chi connectivity index (χ0v) is 11.8. The van der Waals surface area contributed by atoms with E-state index in [9.17, 15) is 0 Å². The van der Waals surface area contributed by atoms with Gasteiger partial charge < -0.3 is 11.4 Å². The maximum Gasteiger partial charge on any atom is 0.485 e. The van der Waals surface area contributed by atoms with E-state index in [1.54, 1.807) is 7.11 Å². The van der Waals surface area contributed by atoms with Crippen molar-refractivity contribution >= 4 is 44.5 Å². The largest absolute Gasteiger partial charge is 0.642 e. The fraction of sp³-hybridized carbons (Fsp3) is 1.00. The maximum atomic E-state index is 5.53. The van der Waals surface area contributed by atoms with E-state index in [0.717, 1.165) is 10.9 Å². The summed E-state index contributed by atoms with van der Waals surface area (Å²) < 4.78 is 16.2. The van der Waals surface area contributed by atoms with E-state index in [0.29, 0.717) is 0 Å². The van der Waals surface area contributed by atoms with Crippen LogP contribution in [0.1, 0.15) is 0 Å². The van der Waals surface area contributed by atoms with Crippen molar-refractivity contribution < 1.29 is 11.4 Å². The van der Waals surface area contributed by atoms with Crippen molar-refractivity contribution in [2.24, 2.45) is 0 Å². The molecule has 0 fully saturated rings. The Morgan fingerprint density at radius 3 is 2.25 bits per heavy atom. The Labute approximate surface area is 90.9 Å². The normalized spacial score (nSPS) is 9.67. The standard InChI is InChI=1S/C2H4O.CH3O.3CH3.3Al.O/c1-3-2;1-2;;;;;;;/h1-2H2;1H3;3*1H3;;;;/q;-1;;;;;;+1;. The molecule has 0 bridgehead atoms. The predicted octanol–water partition coefficient (Wildman–Crippen LogP) is 0.654. The van der Waals surface area contributed by atoms with Crippen molar-refractivity contribution in [2.45, 2.75) is 17.4 Å². The van der Waals surface area contributed by atoms with Crippen LogP contribution in [0, 0.1) is 0 Å². The Kier molecular flexibility index (Phi) is 10.2. The number of hydrogen-bond donors (Lipinski definition) is 0. The van der Waals surface area contributed by atoms with Gasteiger partial charge in [-0.3, -0.25) is 0 Å². The average molecular weight is 217 g/mol. The molecule has 67 valence electrons. The average Bonchev–Trinajstić information content (AvgIpc) is 2.04. The van der Waals surface area contributed by atoms with E-state index in [1.807, 2.05) is 0 Å². The summed E-state index contributed by atoms with van der Waals surface area (Å²) in [5, 5.41) is 0. The fourth-order valence-corrected chi connectivity index (χ4v) is 4.26. The summed E-state index contributed by atoms with van der Waals surface area (Å²) in [6.07, 6.45) is 0. The molecule has 0 aliphatic heterocycles. The minimum atomic E-state index is -1.01. The van der Waals surface area contributed by atoms with Gasteiger partial charge in [-0.2, -0.15) is 0 Å². The monoisotopic (exact) mass is 217 g/mol. The van der Waals surface area contributed by atoms with Gasteiger partial charge in [0, 0.05) is 18.0 Å². The molecular weight excluding hydrogens is 201 g/mol. The fourth-order valence-electron chi connectivity index (χ4n) is 0.740. The second-order valence-corrected chi connectivity index (χ2v) is 8.71. The molecular formula is C6H16Al3O3. The van der Waals surface area contributed by atoms with Crippen LogP contribution in [0.4, 0.5) is 0 Å². The van der Waals surface area contributed by atoms with Crippen LogP contribution in [-0.4, -0.2) is 62.6 Å². The molecule has 3 nitrogen and oxygen atoms in total. The van der Waals surface area contributed by atoms with Crippen LogP contribution >= 0.6 is 0 Å². The van der Waals surface area contributed by atoms with E-state index < -0.39 is 29.0 Å². The van der Waals surface area contributed by atoms with Gasteiger partial charge in [0.25, 0.3) is 0 Å². The summed E-state index contributed by atoms with van der Waals surface area (Å²) in [5.74, 6) is 6.42.